The summed E-state index contributed by atoms with van der Waals surface area (Å²) in [7, 11) is 0. The van der Waals surface area contributed by atoms with E-state index in [0.29, 0.717) is 5.82 Å². The van der Waals surface area contributed by atoms with E-state index in [-0.39, 0.29) is 5.41 Å². The van der Waals surface area contributed by atoms with E-state index in [1.54, 1.807) is 6.20 Å². The molecule has 2 heterocycles. The van der Waals surface area contributed by atoms with Crippen molar-refractivity contribution in [1.82, 2.24) is 4.98 Å². The molecule has 66 valence electrons. The number of hydrogen-bond donors (Lipinski definition) is 0. The highest BCUT2D eigenvalue weighted by Gasteiger charge is 2.15. The van der Waals surface area contributed by atoms with Gasteiger partial charge >= 0.3 is 0 Å². The Balaban J connectivity index is 2.53. The first-order valence-corrected chi connectivity index (χ1v) is 4.23. The minimum absolute atomic E-state index is 0.0826. The van der Waals surface area contributed by atoms with Crippen molar-refractivity contribution in [2.45, 2.75) is 13.8 Å². The summed E-state index contributed by atoms with van der Waals surface area (Å²) in [6.07, 6.45) is 5.49. The van der Waals surface area contributed by atoms with E-state index in [9.17, 15) is 0 Å². The minimum Gasteiger partial charge on any atom is -0.256 e. The van der Waals surface area contributed by atoms with Crippen LogP contribution in [0.5, 0.6) is 0 Å². The number of hydrogen-bond acceptors (Lipinski definition) is 3. The van der Waals surface area contributed by atoms with Crippen LogP contribution in [-0.2, 0) is 0 Å². The quantitative estimate of drug-likeness (QED) is 0.594. The number of aromatic nitrogens is 1. The zero-order chi connectivity index (χ0) is 9.31. The maximum Gasteiger partial charge on any atom is 0.177 e. The molecular weight excluding hydrogens is 162 g/mol. The molecule has 1 aromatic rings. The Hall–Kier alpha value is -1.51. The molecule has 0 aromatic carbocycles. The zero-order valence-electron chi connectivity index (χ0n) is 7.73. The first kappa shape index (κ1) is 8.10. The van der Waals surface area contributed by atoms with Crippen molar-refractivity contribution in [2.24, 2.45) is 15.4 Å². The molecule has 13 heavy (non-hydrogen) atoms. The van der Waals surface area contributed by atoms with Crippen molar-refractivity contribution < 1.29 is 0 Å². The lowest BCUT2D eigenvalue weighted by Crippen LogP contribution is -2.13. The lowest BCUT2D eigenvalue weighted by molar-refractivity contribution is 0.767. The van der Waals surface area contributed by atoms with Gasteiger partial charge < -0.3 is 0 Å². The molecule has 0 bridgehead atoms. The number of nitrogens with zero attached hydrogens (tertiary/aromatic N) is 3. The maximum atomic E-state index is 4.33. The van der Waals surface area contributed by atoms with Crippen LogP contribution in [0, 0.1) is 5.41 Å². The Kier molecular flexibility index (Phi) is 1.72. The first-order chi connectivity index (χ1) is 6.17. The third-order valence-electron chi connectivity index (χ3n) is 1.82. The van der Waals surface area contributed by atoms with E-state index in [4.69, 9.17) is 0 Å². The summed E-state index contributed by atoms with van der Waals surface area (Å²) < 4.78 is 0. The topological polar surface area (TPSA) is 37.6 Å². The fraction of sp³-hybridized carbons (Fsp3) is 0.300. The molecule has 0 radical (unpaired) electrons. The van der Waals surface area contributed by atoms with Crippen LogP contribution in [0.4, 0.5) is 11.5 Å². The molecule has 0 saturated carbocycles. The predicted octanol–water partition coefficient (Wildman–Crippen LogP) is 2.53. The Morgan fingerprint density at radius 3 is 2.77 bits per heavy atom. The molecule has 0 saturated heterocycles. The molecule has 2 rings (SSSR count). The van der Waals surface area contributed by atoms with E-state index in [2.05, 4.69) is 28.8 Å². The molecule has 3 heteroatoms. The van der Waals surface area contributed by atoms with E-state index in [0.717, 1.165) is 5.69 Å². The van der Waals surface area contributed by atoms with E-state index in [1.807, 2.05) is 24.6 Å². The van der Waals surface area contributed by atoms with E-state index < -0.39 is 0 Å². The standard InChI is InChI=1S/C10H11N3/c1-10(2)6-12-8-4-3-5-11-9(8)13-7-10/h3-7H,1-2H3. The van der Waals surface area contributed by atoms with Crippen LogP contribution in [0.3, 0.4) is 0 Å². The van der Waals surface area contributed by atoms with Gasteiger partial charge in [0.25, 0.3) is 0 Å². The third-order valence-corrected chi connectivity index (χ3v) is 1.82. The lowest BCUT2D eigenvalue weighted by atomic mass is 9.98. The second kappa shape index (κ2) is 2.76. The number of fused-ring (bicyclic) bond motifs is 1. The molecule has 0 spiro atoms. The lowest BCUT2D eigenvalue weighted by Gasteiger charge is -2.08. The van der Waals surface area contributed by atoms with Crippen LogP contribution in [0.25, 0.3) is 0 Å². The monoisotopic (exact) mass is 173 g/mol. The SMILES string of the molecule is CC1(C)C=Nc2cccnc2N=C1. The summed E-state index contributed by atoms with van der Waals surface area (Å²) in [6.45, 7) is 4.12. The first-order valence-electron chi connectivity index (χ1n) is 4.23. The molecule has 0 aliphatic carbocycles. The summed E-state index contributed by atoms with van der Waals surface area (Å²) in [4.78, 5) is 12.7. The summed E-state index contributed by atoms with van der Waals surface area (Å²) in [5.41, 5.74) is 0.755. The molecule has 0 fully saturated rings. The molecule has 0 atom stereocenters. The summed E-state index contributed by atoms with van der Waals surface area (Å²) in [5.74, 6) is 0.698. The zero-order valence-corrected chi connectivity index (χ0v) is 7.73. The van der Waals surface area contributed by atoms with Crippen molar-refractivity contribution in [3.05, 3.63) is 18.3 Å². The molecular formula is C10H11N3. The fourth-order valence-electron chi connectivity index (χ4n) is 1.09. The van der Waals surface area contributed by atoms with Crippen LogP contribution in [0.15, 0.2) is 28.3 Å². The molecule has 0 amide bonds. The van der Waals surface area contributed by atoms with Crippen LogP contribution in [0.1, 0.15) is 13.8 Å². The summed E-state index contributed by atoms with van der Waals surface area (Å²) in [6, 6.07) is 3.78. The third kappa shape index (κ3) is 1.64. The van der Waals surface area contributed by atoms with Gasteiger partial charge in [0.15, 0.2) is 5.82 Å². The minimum atomic E-state index is -0.0826. The number of rotatable bonds is 0. The molecule has 1 aliphatic rings. The molecule has 0 unspecified atom stereocenters. The van der Waals surface area contributed by atoms with Crippen LogP contribution >= 0.6 is 0 Å². The van der Waals surface area contributed by atoms with Gasteiger partial charge in [0, 0.05) is 24.0 Å². The number of pyridine rings is 1. The second-order valence-electron chi connectivity index (χ2n) is 3.68. The van der Waals surface area contributed by atoms with Gasteiger partial charge in [-0.1, -0.05) is 0 Å². The van der Waals surface area contributed by atoms with Gasteiger partial charge in [0.1, 0.15) is 5.69 Å². The van der Waals surface area contributed by atoms with E-state index >= 15 is 0 Å². The second-order valence-corrected chi connectivity index (χ2v) is 3.68. The van der Waals surface area contributed by atoms with Crippen molar-refractivity contribution >= 4 is 23.9 Å². The van der Waals surface area contributed by atoms with Crippen molar-refractivity contribution in [3.63, 3.8) is 0 Å². The average molecular weight is 173 g/mol. The summed E-state index contributed by atoms with van der Waals surface area (Å²) in [5, 5.41) is 0. The fourth-order valence-corrected chi connectivity index (χ4v) is 1.09. The number of aliphatic imine (C=N–C) groups is 2. The van der Waals surface area contributed by atoms with Gasteiger partial charge in [0.05, 0.1) is 0 Å². The largest absolute Gasteiger partial charge is 0.256 e. The molecule has 1 aliphatic heterocycles. The van der Waals surface area contributed by atoms with Gasteiger partial charge in [-0.05, 0) is 26.0 Å². The summed E-state index contributed by atoms with van der Waals surface area (Å²) >= 11 is 0. The van der Waals surface area contributed by atoms with E-state index in [1.165, 1.54) is 0 Å². The normalized spacial score (nSPS) is 18.0. The van der Waals surface area contributed by atoms with Crippen molar-refractivity contribution in [1.29, 1.82) is 0 Å². The van der Waals surface area contributed by atoms with Gasteiger partial charge in [0.2, 0.25) is 0 Å². The van der Waals surface area contributed by atoms with Crippen LogP contribution < -0.4 is 0 Å². The Bertz CT molecular complexity index is 343. The maximum absolute atomic E-state index is 4.33. The highest BCUT2D eigenvalue weighted by Crippen LogP contribution is 2.28. The van der Waals surface area contributed by atoms with Crippen molar-refractivity contribution in [3.8, 4) is 0 Å². The smallest absolute Gasteiger partial charge is 0.177 e. The predicted molar refractivity (Wildman–Crippen MR) is 54.3 cm³/mol. The Morgan fingerprint density at radius 1 is 1.15 bits per heavy atom. The molecule has 0 N–H and O–H groups in total. The van der Waals surface area contributed by atoms with Gasteiger partial charge in [-0.3, -0.25) is 4.99 Å². The van der Waals surface area contributed by atoms with Crippen LogP contribution in [-0.4, -0.2) is 17.4 Å². The highest BCUT2D eigenvalue weighted by atomic mass is 15.0. The average Bonchev–Trinajstić information content (AvgIpc) is 2.27. The molecule has 1 aromatic heterocycles. The van der Waals surface area contributed by atoms with Gasteiger partial charge in [-0.25, -0.2) is 9.98 Å². The van der Waals surface area contributed by atoms with Crippen LogP contribution in [0.2, 0.25) is 0 Å². The van der Waals surface area contributed by atoms with Crippen molar-refractivity contribution in [2.75, 3.05) is 0 Å². The van der Waals surface area contributed by atoms with Gasteiger partial charge in [-0.2, -0.15) is 0 Å². The molecule has 3 nitrogen and oxygen atoms in total. The highest BCUT2D eigenvalue weighted by molar-refractivity contribution is 5.93. The Labute approximate surface area is 77.3 Å². The van der Waals surface area contributed by atoms with Gasteiger partial charge in [-0.15, -0.1) is 0 Å². The Morgan fingerprint density at radius 2 is 1.92 bits per heavy atom.